The summed E-state index contributed by atoms with van der Waals surface area (Å²) in [6, 6.07) is 72.7. The summed E-state index contributed by atoms with van der Waals surface area (Å²) in [5, 5.41) is 4.49. The monoisotopic (exact) mass is 820 g/mol. The van der Waals surface area contributed by atoms with Gasteiger partial charge in [-0.3, -0.25) is 0 Å². The maximum absolute atomic E-state index is 6.64. The summed E-state index contributed by atoms with van der Waals surface area (Å²) < 4.78 is 9.06. The highest BCUT2D eigenvalue weighted by Gasteiger charge is 2.23. The van der Waals surface area contributed by atoms with Gasteiger partial charge in [0, 0.05) is 43.8 Å². The molecule has 0 saturated heterocycles. The first-order valence-electron chi connectivity index (χ1n) is 21.7. The van der Waals surface area contributed by atoms with E-state index in [0.29, 0.717) is 17.5 Å². The Morgan fingerprint density at radius 1 is 0.344 bits per heavy atom. The number of hydrogen-bond donors (Lipinski definition) is 0. The minimum absolute atomic E-state index is 0.571. The summed E-state index contributed by atoms with van der Waals surface area (Å²) >= 11 is 0. The number of benzene rings is 9. The lowest BCUT2D eigenvalue weighted by Gasteiger charge is -2.17. The van der Waals surface area contributed by atoms with Crippen LogP contribution in [-0.2, 0) is 0 Å². The Bertz CT molecular complexity index is 3590. The van der Waals surface area contributed by atoms with Crippen LogP contribution < -0.4 is 0 Å². The van der Waals surface area contributed by atoms with Crippen LogP contribution in [0, 0.1) is 13.8 Å². The number of nitrogens with zero attached hydrogens (tertiary/aromatic N) is 4. The lowest BCUT2D eigenvalue weighted by Crippen LogP contribution is -2.04. The normalized spacial score (nSPS) is 11.6. The van der Waals surface area contributed by atoms with Gasteiger partial charge in [-0.2, -0.15) is 0 Å². The van der Waals surface area contributed by atoms with Crippen LogP contribution in [-0.4, -0.2) is 19.5 Å². The van der Waals surface area contributed by atoms with Gasteiger partial charge in [-0.25, -0.2) is 15.0 Å². The molecule has 12 rings (SSSR count). The van der Waals surface area contributed by atoms with Crippen molar-refractivity contribution >= 4 is 43.7 Å². The Hall–Kier alpha value is -8.41. The highest BCUT2D eigenvalue weighted by molar-refractivity contribution is 6.12. The first-order valence-corrected chi connectivity index (χ1v) is 21.7. The first-order chi connectivity index (χ1) is 31.6. The fourth-order valence-corrected chi connectivity index (χ4v) is 9.39. The second-order valence-electron chi connectivity index (χ2n) is 16.5. The van der Waals surface area contributed by atoms with Crippen LogP contribution >= 0.6 is 0 Å². The van der Waals surface area contributed by atoms with E-state index in [1.165, 1.54) is 22.3 Å². The highest BCUT2D eigenvalue weighted by Crippen LogP contribution is 2.43. The molecule has 0 unspecified atom stereocenters. The Kier molecular flexibility index (Phi) is 8.87. The molecule has 0 saturated carbocycles. The molecule has 0 N–H and O–H groups in total. The zero-order valence-electron chi connectivity index (χ0n) is 35.3. The molecule has 0 aliphatic heterocycles. The minimum atomic E-state index is 0.571. The van der Waals surface area contributed by atoms with E-state index in [0.717, 1.165) is 88.4 Å². The molecule has 0 atom stereocenters. The second-order valence-corrected chi connectivity index (χ2v) is 16.5. The van der Waals surface area contributed by atoms with E-state index in [9.17, 15) is 0 Å². The van der Waals surface area contributed by atoms with Crippen molar-refractivity contribution in [3.05, 3.63) is 217 Å². The topological polar surface area (TPSA) is 56.7 Å². The van der Waals surface area contributed by atoms with Crippen molar-refractivity contribution in [2.24, 2.45) is 0 Å². The Balaban J connectivity index is 1.19. The van der Waals surface area contributed by atoms with Crippen LogP contribution in [0.4, 0.5) is 0 Å². The van der Waals surface area contributed by atoms with Gasteiger partial charge >= 0.3 is 0 Å². The molecule has 0 amide bonds. The zero-order chi connectivity index (χ0) is 42.7. The van der Waals surface area contributed by atoms with Crippen LogP contribution in [0.3, 0.4) is 0 Å². The van der Waals surface area contributed by atoms with Crippen LogP contribution in [0.15, 0.2) is 211 Å². The quantitative estimate of drug-likeness (QED) is 0.161. The van der Waals surface area contributed by atoms with Crippen LogP contribution in [0.5, 0.6) is 0 Å². The largest absolute Gasteiger partial charge is 0.455 e. The van der Waals surface area contributed by atoms with Gasteiger partial charge in [0.25, 0.3) is 0 Å². The second kappa shape index (κ2) is 15.2. The standard InChI is InChI=1S/C59H40N4O/c1-37-16-9-11-22-44(37)42-28-31-47-48-32-29-43(45-23-12-10-17-38(45)2)36-54(48)63(53(47)35-42)52-33-30-41(46-25-15-26-50-49-24-13-14-27-55(49)64-56(46)50)34-51(52)59-61-57(39-18-5-3-6-19-39)60-58(62-59)40-20-7-4-8-21-40/h3-36H,1-2H3. The fraction of sp³-hybridized carbons (Fsp3) is 0.0339. The molecule has 0 bridgehead atoms. The highest BCUT2D eigenvalue weighted by atomic mass is 16.3. The molecule has 64 heavy (non-hydrogen) atoms. The Morgan fingerprint density at radius 2 is 0.828 bits per heavy atom. The summed E-state index contributed by atoms with van der Waals surface area (Å²) in [7, 11) is 0. The van der Waals surface area contributed by atoms with Crippen molar-refractivity contribution in [3.8, 4) is 73.2 Å². The van der Waals surface area contributed by atoms with E-state index < -0.39 is 0 Å². The molecule has 0 aliphatic carbocycles. The number of para-hydroxylation sites is 2. The van der Waals surface area contributed by atoms with E-state index in [1.807, 2.05) is 48.5 Å². The van der Waals surface area contributed by atoms with Gasteiger partial charge in [0.2, 0.25) is 0 Å². The van der Waals surface area contributed by atoms with E-state index in [4.69, 9.17) is 19.4 Å². The molecule has 3 heterocycles. The maximum Gasteiger partial charge on any atom is 0.166 e. The third-order valence-electron chi connectivity index (χ3n) is 12.6. The van der Waals surface area contributed by atoms with Gasteiger partial charge in [-0.15, -0.1) is 0 Å². The van der Waals surface area contributed by atoms with Gasteiger partial charge in [0.1, 0.15) is 11.2 Å². The summed E-state index contributed by atoms with van der Waals surface area (Å²) in [4.78, 5) is 15.8. The lowest BCUT2D eigenvalue weighted by molar-refractivity contribution is 0.670. The predicted octanol–water partition coefficient (Wildman–Crippen LogP) is 15.5. The SMILES string of the molecule is Cc1ccccc1-c1ccc2c3ccc(-c4ccccc4C)cc3n(-c3ccc(-c4cccc5c4oc4ccccc45)cc3-c3nc(-c4ccccc4)nc(-c4ccccc4)n3)c2c1. The number of hydrogen-bond acceptors (Lipinski definition) is 4. The molecule has 0 radical (unpaired) electrons. The molecule has 0 aliphatic rings. The first kappa shape index (κ1) is 37.4. The average Bonchev–Trinajstić information content (AvgIpc) is 3.90. The average molecular weight is 821 g/mol. The molecule has 12 aromatic rings. The van der Waals surface area contributed by atoms with Crippen LogP contribution in [0.2, 0.25) is 0 Å². The zero-order valence-corrected chi connectivity index (χ0v) is 35.3. The molecule has 3 aromatic heterocycles. The van der Waals surface area contributed by atoms with Gasteiger partial charge < -0.3 is 8.98 Å². The van der Waals surface area contributed by atoms with E-state index in [-0.39, 0.29) is 0 Å². The summed E-state index contributed by atoms with van der Waals surface area (Å²) in [5.41, 5.74) is 16.7. The van der Waals surface area contributed by atoms with Crippen LogP contribution in [0.25, 0.3) is 117 Å². The summed E-state index contributed by atoms with van der Waals surface area (Å²) in [5.74, 6) is 1.78. The van der Waals surface area contributed by atoms with E-state index in [1.54, 1.807) is 0 Å². The molecular formula is C59H40N4O. The number of fused-ring (bicyclic) bond motifs is 6. The van der Waals surface area contributed by atoms with Crippen molar-refractivity contribution < 1.29 is 4.42 Å². The minimum Gasteiger partial charge on any atom is -0.455 e. The number of aryl methyl sites for hydroxylation is 2. The van der Waals surface area contributed by atoms with Crippen LogP contribution in [0.1, 0.15) is 11.1 Å². The number of rotatable bonds is 7. The maximum atomic E-state index is 6.64. The van der Waals surface area contributed by atoms with Crippen molar-refractivity contribution in [2.75, 3.05) is 0 Å². The van der Waals surface area contributed by atoms with Crippen molar-refractivity contribution in [2.45, 2.75) is 13.8 Å². The van der Waals surface area contributed by atoms with Gasteiger partial charge in [-0.05, 0) is 83.1 Å². The van der Waals surface area contributed by atoms with E-state index in [2.05, 4.69) is 176 Å². The lowest BCUT2D eigenvalue weighted by atomic mass is 9.98. The third-order valence-corrected chi connectivity index (χ3v) is 12.6. The number of aromatic nitrogens is 4. The van der Waals surface area contributed by atoms with Gasteiger partial charge in [0.15, 0.2) is 17.5 Å². The van der Waals surface area contributed by atoms with E-state index >= 15 is 0 Å². The summed E-state index contributed by atoms with van der Waals surface area (Å²) in [6.45, 7) is 4.36. The Morgan fingerprint density at radius 3 is 1.44 bits per heavy atom. The Labute approximate surface area is 370 Å². The molecule has 5 heteroatoms. The van der Waals surface area contributed by atoms with Crippen molar-refractivity contribution in [3.63, 3.8) is 0 Å². The molecule has 5 nitrogen and oxygen atoms in total. The fourth-order valence-electron chi connectivity index (χ4n) is 9.39. The predicted molar refractivity (Wildman–Crippen MR) is 264 cm³/mol. The smallest absolute Gasteiger partial charge is 0.166 e. The number of furan rings is 1. The third kappa shape index (κ3) is 6.28. The molecule has 0 fully saturated rings. The molecular weight excluding hydrogens is 781 g/mol. The van der Waals surface area contributed by atoms with Gasteiger partial charge in [0.05, 0.1) is 16.7 Å². The summed E-state index contributed by atoms with van der Waals surface area (Å²) in [6.07, 6.45) is 0. The molecule has 0 spiro atoms. The van der Waals surface area contributed by atoms with Crippen molar-refractivity contribution in [1.29, 1.82) is 0 Å². The van der Waals surface area contributed by atoms with Gasteiger partial charge in [-0.1, -0.05) is 176 Å². The molecule has 9 aromatic carbocycles. The molecule has 302 valence electrons. The van der Waals surface area contributed by atoms with Crippen molar-refractivity contribution in [1.82, 2.24) is 19.5 Å².